The van der Waals surface area contributed by atoms with Crippen LogP contribution >= 0.6 is 11.6 Å². The van der Waals surface area contributed by atoms with E-state index in [2.05, 4.69) is 21.8 Å². The van der Waals surface area contributed by atoms with Crippen molar-refractivity contribution in [2.75, 3.05) is 24.6 Å². The highest BCUT2D eigenvalue weighted by atomic mass is 35.5. The van der Waals surface area contributed by atoms with Crippen LogP contribution in [0, 0.1) is 23.7 Å². The van der Waals surface area contributed by atoms with Crippen molar-refractivity contribution in [3.05, 3.63) is 58.1 Å². The molecule has 2 aliphatic heterocycles. The largest absolute Gasteiger partial charge is 0.490 e. The number of aliphatic hydroxyl groups is 1. The maximum atomic E-state index is 13.4. The molecule has 7 atom stereocenters. The Hall–Kier alpha value is -2.29. The summed E-state index contributed by atoms with van der Waals surface area (Å²) in [7, 11) is -3.86. The summed E-state index contributed by atoms with van der Waals surface area (Å²) in [5.41, 5.74) is 2.62. The highest BCUT2D eigenvalue weighted by Crippen LogP contribution is 2.54. The fourth-order valence-electron chi connectivity index (χ4n) is 8.95. The third-order valence-electron chi connectivity index (χ3n) is 11.8. The van der Waals surface area contributed by atoms with Crippen LogP contribution in [0.15, 0.2) is 36.4 Å². The van der Waals surface area contributed by atoms with Crippen molar-refractivity contribution in [3.63, 3.8) is 0 Å². The van der Waals surface area contributed by atoms with Crippen LogP contribution in [0.2, 0.25) is 5.02 Å². The molecule has 2 aromatic rings. The first-order valence-electron chi connectivity index (χ1n) is 16.1. The Balaban J connectivity index is 1.31. The number of amides is 1. The molecular formula is C34H43ClN2O5S. The minimum atomic E-state index is -3.86. The number of nitrogens with one attached hydrogen (secondary N) is 1. The van der Waals surface area contributed by atoms with Gasteiger partial charge in [-0.1, -0.05) is 17.7 Å². The smallest absolute Gasteiger partial charge is 0.264 e. The molecule has 0 saturated heterocycles. The average Bonchev–Trinajstić information content (AvgIpc) is 3.06. The van der Waals surface area contributed by atoms with E-state index in [-0.39, 0.29) is 17.3 Å². The van der Waals surface area contributed by atoms with Gasteiger partial charge in [-0.05, 0) is 137 Å². The minimum Gasteiger partial charge on any atom is -0.490 e. The summed E-state index contributed by atoms with van der Waals surface area (Å²) in [5, 5.41) is 12.1. The Morgan fingerprint density at radius 2 is 1.77 bits per heavy atom. The van der Waals surface area contributed by atoms with Gasteiger partial charge in [0.05, 0.1) is 23.1 Å². The predicted molar refractivity (Wildman–Crippen MR) is 168 cm³/mol. The van der Waals surface area contributed by atoms with Gasteiger partial charge >= 0.3 is 0 Å². The van der Waals surface area contributed by atoms with E-state index in [4.69, 9.17) is 16.3 Å². The van der Waals surface area contributed by atoms with Gasteiger partial charge in [-0.25, -0.2) is 13.1 Å². The molecule has 2 N–H and O–H groups in total. The maximum absolute atomic E-state index is 13.4. The van der Waals surface area contributed by atoms with Crippen molar-refractivity contribution in [2.24, 2.45) is 23.7 Å². The van der Waals surface area contributed by atoms with Gasteiger partial charge in [0.15, 0.2) is 0 Å². The van der Waals surface area contributed by atoms with Crippen molar-refractivity contribution in [3.8, 4) is 5.75 Å². The Kier molecular flexibility index (Phi) is 7.29. The number of ether oxygens (including phenoxy) is 1. The summed E-state index contributed by atoms with van der Waals surface area (Å²) >= 11 is 6.41. The van der Waals surface area contributed by atoms with Crippen LogP contribution in [0.1, 0.15) is 86.7 Å². The Bertz CT molecular complexity index is 1540. The van der Waals surface area contributed by atoms with Crippen molar-refractivity contribution >= 4 is 33.2 Å². The van der Waals surface area contributed by atoms with Crippen LogP contribution < -0.4 is 14.4 Å². The maximum Gasteiger partial charge on any atom is 0.264 e. The average molecular weight is 627 g/mol. The molecule has 232 valence electrons. The topological polar surface area (TPSA) is 95.9 Å². The highest BCUT2D eigenvalue weighted by molar-refractivity contribution is 7.90. The number of hydrogen-bond donors (Lipinski definition) is 2. The molecule has 0 radical (unpaired) electrons. The predicted octanol–water partition coefficient (Wildman–Crippen LogP) is 5.86. The number of benzene rings is 2. The van der Waals surface area contributed by atoms with E-state index in [0.29, 0.717) is 42.7 Å². The third-order valence-corrected chi connectivity index (χ3v) is 13.8. The van der Waals surface area contributed by atoms with Crippen LogP contribution in [0.5, 0.6) is 5.75 Å². The second-order valence-electron chi connectivity index (χ2n) is 14.3. The number of anilines is 1. The fourth-order valence-corrected chi connectivity index (χ4v) is 10.2. The number of carbonyl (C=O) groups is 1. The first-order chi connectivity index (χ1) is 20.5. The van der Waals surface area contributed by atoms with Crippen LogP contribution in [0.25, 0.3) is 0 Å². The number of halogens is 1. The molecule has 1 spiro atoms. The molecule has 2 aromatic carbocycles. The van der Waals surface area contributed by atoms with Crippen LogP contribution in [-0.4, -0.2) is 50.0 Å². The van der Waals surface area contributed by atoms with E-state index >= 15 is 0 Å². The zero-order valence-corrected chi connectivity index (χ0v) is 26.7. The van der Waals surface area contributed by atoms with Gasteiger partial charge in [-0.2, -0.15) is 0 Å². The summed E-state index contributed by atoms with van der Waals surface area (Å²) in [6.07, 6.45) is 8.25. The lowest BCUT2D eigenvalue weighted by Gasteiger charge is -2.55. The normalized spacial score (nSPS) is 36.9. The van der Waals surface area contributed by atoms with Gasteiger partial charge in [0.25, 0.3) is 5.91 Å². The molecule has 0 unspecified atom stereocenters. The van der Waals surface area contributed by atoms with Gasteiger partial charge in [0, 0.05) is 29.1 Å². The van der Waals surface area contributed by atoms with E-state index in [9.17, 15) is 18.3 Å². The highest BCUT2D eigenvalue weighted by Gasteiger charge is 2.53. The number of sulfonamides is 1. The summed E-state index contributed by atoms with van der Waals surface area (Å²) in [6.45, 7) is 5.68. The van der Waals surface area contributed by atoms with Gasteiger partial charge < -0.3 is 14.7 Å². The van der Waals surface area contributed by atoms with E-state index in [1.807, 2.05) is 19.1 Å². The molecule has 5 aliphatic rings. The summed E-state index contributed by atoms with van der Waals surface area (Å²) in [5.74, 6) is 1.07. The van der Waals surface area contributed by atoms with Crippen molar-refractivity contribution in [1.82, 2.24) is 4.72 Å². The Labute approximate surface area is 260 Å². The number of hydrogen-bond acceptors (Lipinski definition) is 6. The van der Waals surface area contributed by atoms with Crippen molar-refractivity contribution in [2.45, 2.75) is 87.9 Å². The molecule has 2 heterocycles. The quantitative estimate of drug-likeness (QED) is 0.380. The first-order valence-corrected chi connectivity index (χ1v) is 18.0. The van der Waals surface area contributed by atoms with Crippen molar-refractivity contribution in [1.29, 1.82) is 0 Å². The minimum absolute atomic E-state index is 0.172. The third kappa shape index (κ3) is 5.05. The zero-order chi connectivity index (χ0) is 30.1. The van der Waals surface area contributed by atoms with E-state index < -0.39 is 26.8 Å². The summed E-state index contributed by atoms with van der Waals surface area (Å²) < 4.78 is 35.3. The molecule has 9 heteroatoms. The number of carbonyl (C=O) groups excluding carboxylic acids is 1. The Morgan fingerprint density at radius 3 is 2.51 bits per heavy atom. The molecular weight excluding hydrogens is 584 g/mol. The molecule has 3 aliphatic carbocycles. The summed E-state index contributed by atoms with van der Waals surface area (Å²) in [6, 6.07) is 11.5. The summed E-state index contributed by atoms with van der Waals surface area (Å²) in [4.78, 5) is 15.7. The van der Waals surface area contributed by atoms with Gasteiger partial charge in [0.1, 0.15) is 5.75 Å². The molecule has 2 saturated carbocycles. The second kappa shape index (κ2) is 10.7. The first kappa shape index (κ1) is 29.4. The number of aryl methyl sites for hydroxylation is 1. The standard InChI is InChI=1S/C34H43ClN2O5S/c1-21-5-6-22-7-11-27(22)33(2,39)28-12-8-25(28)18-37-19-34(15-3-4-23-16-26(35)10-13-29(23)34)20-42-31-14-9-24(17-30(31)37)32(38)36-43(21,40)41/h9-10,13-14,16-17,21-22,25,27-28,39H,3-8,11-12,15,18-20H2,1-2H3,(H,36,38)/t21-,22+,25+,27+,28-,33-,34+/m1/s1. The monoisotopic (exact) mass is 626 g/mol. The van der Waals surface area contributed by atoms with E-state index in [1.54, 1.807) is 19.1 Å². The molecule has 43 heavy (non-hydrogen) atoms. The molecule has 2 fully saturated rings. The number of nitrogens with zero attached hydrogens (tertiary/aromatic N) is 1. The molecule has 1 amide bonds. The van der Waals surface area contributed by atoms with Crippen molar-refractivity contribution < 1.29 is 23.1 Å². The van der Waals surface area contributed by atoms with Crippen LogP contribution in [-0.2, 0) is 21.9 Å². The molecule has 2 bridgehead atoms. The van der Waals surface area contributed by atoms with Gasteiger partial charge in [0.2, 0.25) is 10.0 Å². The number of rotatable bonds is 0. The number of fused-ring (bicyclic) bond motifs is 5. The second-order valence-corrected chi connectivity index (χ2v) is 16.8. The fraction of sp³-hybridized carbons (Fsp3) is 0.618. The van der Waals surface area contributed by atoms with Crippen LogP contribution in [0.3, 0.4) is 0 Å². The molecule has 7 rings (SSSR count). The lowest BCUT2D eigenvalue weighted by atomic mass is 9.54. The molecule has 0 aromatic heterocycles. The van der Waals surface area contributed by atoms with Crippen LogP contribution in [0.4, 0.5) is 5.69 Å². The van der Waals surface area contributed by atoms with Gasteiger partial charge in [-0.15, -0.1) is 0 Å². The zero-order valence-electron chi connectivity index (χ0n) is 25.1. The van der Waals surface area contributed by atoms with Gasteiger partial charge in [-0.3, -0.25) is 4.79 Å². The molecule has 7 nitrogen and oxygen atoms in total. The van der Waals surface area contributed by atoms with E-state index in [0.717, 1.165) is 68.6 Å². The van der Waals surface area contributed by atoms with E-state index in [1.165, 1.54) is 11.1 Å². The Morgan fingerprint density at radius 1 is 1.02 bits per heavy atom. The SMILES string of the molecule is C[C@@H]1CC[C@H]2CC[C@@H]2[C@@](C)(O)[C@@H]2CC[C@H]2CN2C[C@@]3(CCCc4cc(Cl)ccc43)COc3ccc(cc32)C(=O)NS1(=O)=O. The lowest BCUT2D eigenvalue weighted by Crippen LogP contribution is -2.57. The lowest BCUT2D eigenvalue weighted by molar-refractivity contribution is -0.149.